The first-order valence-electron chi connectivity index (χ1n) is 7.69. The first-order chi connectivity index (χ1) is 10.6. The number of hydrogen-bond donors (Lipinski definition) is 1. The fourth-order valence-corrected chi connectivity index (χ4v) is 2.29. The van der Waals surface area contributed by atoms with Crippen molar-refractivity contribution in [3.05, 3.63) is 53.3 Å². The number of nitrogens with zero attached hydrogens (tertiary/aromatic N) is 3. The van der Waals surface area contributed by atoms with Crippen LogP contribution in [0.2, 0.25) is 0 Å². The molecule has 1 aromatic heterocycles. The summed E-state index contributed by atoms with van der Waals surface area (Å²) in [6, 6.07) is 8.40. The van der Waals surface area contributed by atoms with Gasteiger partial charge in [-0.2, -0.15) is 5.10 Å². The summed E-state index contributed by atoms with van der Waals surface area (Å²) in [6.45, 7) is 7.95. The van der Waals surface area contributed by atoms with Crippen LogP contribution in [0.25, 0.3) is 0 Å². The van der Waals surface area contributed by atoms with E-state index in [0.29, 0.717) is 12.1 Å². The summed E-state index contributed by atoms with van der Waals surface area (Å²) in [5.74, 6) is -0.0969. The molecule has 0 saturated heterocycles. The van der Waals surface area contributed by atoms with Gasteiger partial charge in [0.05, 0.1) is 11.8 Å². The van der Waals surface area contributed by atoms with Gasteiger partial charge in [-0.05, 0) is 24.2 Å². The minimum atomic E-state index is -0.0969. The summed E-state index contributed by atoms with van der Waals surface area (Å²) in [4.78, 5) is 14.3. The maximum atomic E-state index is 12.0. The second kappa shape index (κ2) is 7.75. The van der Waals surface area contributed by atoms with Crippen LogP contribution in [-0.2, 0) is 20.1 Å². The van der Waals surface area contributed by atoms with Crippen LogP contribution in [0.1, 0.15) is 35.3 Å². The SMILES string of the molecule is CCN(CC)Cc1ccc(CNC(=O)c2cnn(C)c2)cc1. The van der Waals surface area contributed by atoms with Crippen molar-refractivity contribution in [1.82, 2.24) is 20.0 Å². The van der Waals surface area contributed by atoms with E-state index >= 15 is 0 Å². The van der Waals surface area contributed by atoms with Crippen LogP contribution >= 0.6 is 0 Å². The summed E-state index contributed by atoms with van der Waals surface area (Å²) in [5.41, 5.74) is 2.98. The molecule has 0 fully saturated rings. The number of rotatable bonds is 7. The van der Waals surface area contributed by atoms with E-state index in [1.807, 2.05) is 0 Å². The lowest BCUT2D eigenvalue weighted by molar-refractivity contribution is 0.0951. The van der Waals surface area contributed by atoms with E-state index in [1.54, 1.807) is 24.1 Å². The van der Waals surface area contributed by atoms with Gasteiger partial charge in [0.15, 0.2) is 0 Å². The van der Waals surface area contributed by atoms with Crippen LogP contribution in [0.4, 0.5) is 0 Å². The molecule has 1 N–H and O–H groups in total. The molecule has 2 rings (SSSR count). The van der Waals surface area contributed by atoms with Crippen molar-refractivity contribution < 1.29 is 4.79 Å². The van der Waals surface area contributed by atoms with Crippen LogP contribution in [0, 0.1) is 0 Å². The molecule has 0 aliphatic carbocycles. The van der Waals surface area contributed by atoms with E-state index in [9.17, 15) is 4.79 Å². The van der Waals surface area contributed by atoms with Gasteiger partial charge in [-0.1, -0.05) is 38.1 Å². The third-order valence-corrected chi connectivity index (χ3v) is 3.74. The average Bonchev–Trinajstić information content (AvgIpc) is 2.98. The van der Waals surface area contributed by atoms with Gasteiger partial charge in [-0.15, -0.1) is 0 Å². The Hall–Kier alpha value is -2.14. The fourth-order valence-electron chi connectivity index (χ4n) is 2.29. The van der Waals surface area contributed by atoms with Crippen LogP contribution in [-0.4, -0.2) is 33.7 Å². The zero-order valence-electron chi connectivity index (χ0n) is 13.5. The van der Waals surface area contributed by atoms with E-state index in [2.05, 4.69) is 53.4 Å². The minimum absolute atomic E-state index is 0.0969. The highest BCUT2D eigenvalue weighted by Crippen LogP contribution is 2.08. The third kappa shape index (κ3) is 4.43. The number of aryl methyl sites for hydroxylation is 1. The lowest BCUT2D eigenvalue weighted by Crippen LogP contribution is -2.23. The van der Waals surface area contributed by atoms with Crippen molar-refractivity contribution >= 4 is 5.91 Å². The Morgan fingerprint density at radius 3 is 2.36 bits per heavy atom. The molecule has 118 valence electrons. The molecule has 22 heavy (non-hydrogen) atoms. The number of aromatic nitrogens is 2. The predicted molar refractivity (Wildman–Crippen MR) is 87.4 cm³/mol. The molecule has 0 radical (unpaired) electrons. The van der Waals surface area contributed by atoms with Crippen LogP contribution < -0.4 is 5.32 Å². The Morgan fingerprint density at radius 2 is 1.82 bits per heavy atom. The summed E-state index contributed by atoms with van der Waals surface area (Å²) in [7, 11) is 1.80. The van der Waals surface area contributed by atoms with Gasteiger partial charge in [-0.3, -0.25) is 14.4 Å². The Bertz CT molecular complexity index is 599. The second-order valence-electron chi connectivity index (χ2n) is 5.36. The lowest BCUT2D eigenvalue weighted by atomic mass is 10.1. The van der Waals surface area contributed by atoms with Gasteiger partial charge in [-0.25, -0.2) is 0 Å². The molecule has 0 saturated carbocycles. The van der Waals surface area contributed by atoms with Crippen molar-refractivity contribution in [2.24, 2.45) is 7.05 Å². The number of amides is 1. The molecule has 2 aromatic rings. The molecular weight excluding hydrogens is 276 g/mol. The average molecular weight is 300 g/mol. The Labute approximate surface area is 131 Å². The van der Waals surface area contributed by atoms with Gasteiger partial charge in [0.25, 0.3) is 5.91 Å². The standard InChI is InChI=1S/C17H24N4O/c1-4-21(5-2)12-15-8-6-14(7-9-15)10-18-17(22)16-11-19-20(3)13-16/h6-9,11,13H,4-5,10,12H2,1-3H3,(H,18,22). The topological polar surface area (TPSA) is 50.2 Å². The molecule has 1 amide bonds. The van der Waals surface area contributed by atoms with Crippen LogP contribution in [0.15, 0.2) is 36.7 Å². The van der Waals surface area contributed by atoms with E-state index in [-0.39, 0.29) is 5.91 Å². The lowest BCUT2D eigenvalue weighted by Gasteiger charge is -2.18. The van der Waals surface area contributed by atoms with Crippen molar-refractivity contribution in [3.8, 4) is 0 Å². The smallest absolute Gasteiger partial charge is 0.254 e. The van der Waals surface area contributed by atoms with Crippen molar-refractivity contribution in [3.63, 3.8) is 0 Å². The number of carbonyl (C=O) groups excluding carboxylic acids is 1. The predicted octanol–water partition coefficient (Wildman–Crippen LogP) is 2.19. The first kappa shape index (κ1) is 16.2. The van der Waals surface area contributed by atoms with Crippen LogP contribution in [0.3, 0.4) is 0 Å². The molecule has 5 nitrogen and oxygen atoms in total. The van der Waals surface area contributed by atoms with Crippen LogP contribution in [0.5, 0.6) is 0 Å². The summed E-state index contributed by atoms with van der Waals surface area (Å²) < 4.78 is 1.62. The summed E-state index contributed by atoms with van der Waals surface area (Å²) >= 11 is 0. The Kier molecular flexibility index (Phi) is 5.72. The first-order valence-corrected chi connectivity index (χ1v) is 7.69. The molecular formula is C17H24N4O. The fraction of sp³-hybridized carbons (Fsp3) is 0.412. The van der Waals surface area contributed by atoms with Gasteiger partial charge < -0.3 is 5.32 Å². The van der Waals surface area contributed by atoms with Crippen molar-refractivity contribution in [1.29, 1.82) is 0 Å². The zero-order valence-corrected chi connectivity index (χ0v) is 13.5. The largest absolute Gasteiger partial charge is 0.348 e. The van der Waals surface area contributed by atoms with Crippen molar-refractivity contribution in [2.75, 3.05) is 13.1 Å². The Balaban J connectivity index is 1.87. The molecule has 0 atom stereocenters. The highest BCUT2D eigenvalue weighted by atomic mass is 16.1. The molecule has 1 aromatic carbocycles. The molecule has 0 unspecified atom stereocenters. The Morgan fingerprint density at radius 1 is 1.18 bits per heavy atom. The highest BCUT2D eigenvalue weighted by Gasteiger charge is 2.07. The molecule has 0 bridgehead atoms. The molecule has 0 spiro atoms. The third-order valence-electron chi connectivity index (χ3n) is 3.74. The van der Waals surface area contributed by atoms with Gasteiger partial charge in [0.2, 0.25) is 0 Å². The zero-order chi connectivity index (χ0) is 15.9. The number of nitrogens with one attached hydrogen (secondary N) is 1. The minimum Gasteiger partial charge on any atom is -0.348 e. The molecule has 0 aliphatic rings. The van der Waals surface area contributed by atoms with E-state index in [4.69, 9.17) is 0 Å². The normalized spacial score (nSPS) is 10.9. The van der Waals surface area contributed by atoms with E-state index in [0.717, 1.165) is 25.2 Å². The second-order valence-corrected chi connectivity index (χ2v) is 5.36. The molecule has 0 aliphatic heterocycles. The van der Waals surface area contributed by atoms with Gasteiger partial charge >= 0.3 is 0 Å². The molecule has 1 heterocycles. The number of hydrogen-bond acceptors (Lipinski definition) is 3. The summed E-state index contributed by atoms with van der Waals surface area (Å²) in [6.07, 6.45) is 3.28. The summed E-state index contributed by atoms with van der Waals surface area (Å²) in [5, 5.41) is 6.91. The maximum Gasteiger partial charge on any atom is 0.254 e. The molecule has 5 heteroatoms. The highest BCUT2D eigenvalue weighted by molar-refractivity contribution is 5.93. The number of benzene rings is 1. The van der Waals surface area contributed by atoms with E-state index < -0.39 is 0 Å². The van der Waals surface area contributed by atoms with Gasteiger partial charge in [0, 0.05) is 26.3 Å². The maximum absolute atomic E-state index is 12.0. The van der Waals surface area contributed by atoms with Gasteiger partial charge in [0.1, 0.15) is 0 Å². The monoisotopic (exact) mass is 300 g/mol. The van der Waals surface area contributed by atoms with Crippen molar-refractivity contribution in [2.45, 2.75) is 26.9 Å². The van der Waals surface area contributed by atoms with E-state index in [1.165, 1.54) is 5.56 Å². The quantitative estimate of drug-likeness (QED) is 0.853. The number of carbonyl (C=O) groups is 1.